The lowest BCUT2D eigenvalue weighted by molar-refractivity contribution is -0.137. The van der Waals surface area contributed by atoms with E-state index in [0.29, 0.717) is 0 Å². The number of carboxylic acids is 1. The van der Waals surface area contributed by atoms with Crippen LogP contribution in [0.15, 0.2) is 60.7 Å². The standard InChI is InChI=1S/C17H19NO2/c1-13(14-8-4-2-5-9-14)18-16(12-17(19)20)15-10-6-3-7-11-15/h2-11,13,16,18H,12H2,1H3,(H,19,20). The maximum absolute atomic E-state index is 11.1. The van der Waals surface area contributed by atoms with Crippen LogP contribution in [-0.2, 0) is 4.79 Å². The van der Waals surface area contributed by atoms with Crippen molar-refractivity contribution >= 4 is 5.97 Å². The fourth-order valence-corrected chi connectivity index (χ4v) is 2.27. The maximum Gasteiger partial charge on any atom is 0.305 e. The highest BCUT2D eigenvalue weighted by atomic mass is 16.4. The summed E-state index contributed by atoms with van der Waals surface area (Å²) in [6.07, 6.45) is 0.0706. The molecule has 20 heavy (non-hydrogen) atoms. The second-order valence-corrected chi connectivity index (χ2v) is 4.86. The van der Waals surface area contributed by atoms with Gasteiger partial charge in [-0.15, -0.1) is 0 Å². The Morgan fingerprint density at radius 2 is 1.50 bits per heavy atom. The molecule has 0 amide bonds. The van der Waals surface area contributed by atoms with Gasteiger partial charge in [0.05, 0.1) is 6.42 Å². The van der Waals surface area contributed by atoms with E-state index in [1.165, 1.54) is 0 Å². The van der Waals surface area contributed by atoms with E-state index in [4.69, 9.17) is 5.11 Å². The second kappa shape index (κ2) is 6.87. The summed E-state index contributed by atoms with van der Waals surface area (Å²) in [4.78, 5) is 11.1. The molecule has 2 atom stereocenters. The van der Waals surface area contributed by atoms with Gasteiger partial charge in [0.1, 0.15) is 0 Å². The van der Waals surface area contributed by atoms with Gasteiger partial charge < -0.3 is 10.4 Å². The molecule has 0 spiro atoms. The van der Waals surface area contributed by atoms with Crippen LogP contribution in [0.5, 0.6) is 0 Å². The van der Waals surface area contributed by atoms with Gasteiger partial charge in [0, 0.05) is 12.1 Å². The quantitative estimate of drug-likeness (QED) is 0.843. The van der Waals surface area contributed by atoms with E-state index in [1.54, 1.807) is 0 Å². The van der Waals surface area contributed by atoms with Gasteiger partial charge in [-0.25, -0.2) is 0 Å². The maximum atomic E-state index is 11.1. The van der Waals surface area contributed by atoms with Crippen molar-refractivity contribution in [3.8, 4) is 0 Å². The molecule has 3 heteroatoms. The normalized spacial score (nSPS) is 13.7. The molecule has 0 saturated carbocycles. The summed E-state index contributed by atoms with van der Waals surface area (Å²) in [5.74, 6) is -0.799. The minimum Gasteiger partial charge on any atom is -0.481 e. The summed E-state index contributed by atoms with van der Waals surface area (Å²) in [6.45, 7) is 2.05. The van der Waals surface area contributed by atoms with Crippen molar-refractivity contribution in [2.75, 3.05) is 0 Å². The Kier molecular flexibility index (Phi) is 4.91. The highest BCUT2D eigenvalue weighted by Gasteiger charge is 2.18. The van der Waals surface area contributed by atoms with Crippen LogP contribution < -0.4 is 5.32 Å². The first-order valence-corrected chi connectivity index (χ1v) is 6.74. The number of carboxylic acid groups (broad SMARTS) is 1. The van der Waals surface area contributed by atoms with E-state index in [0.717, 1.165) is 11.1 Å². The minimum absolute atomic E-state index is 0.0706. The van der Waals surface area contributed by atoms with Gasteiger partial charge in [0.2, 0.25) is 0 Å². The zero-order valence-corrected chi connectivity index (χ0v) is 11.5. The number of rotatable bonds is 6. The van der Waals surface area contributed by atoms with Crippen molar-refractivity contribution in [2.24, 2.45) is 0 Å². The summed E-state index contributed by atoms with van der Waals surface area (Å²) < 4.78 is 0. The molecule has 2 aromatic carbocycles. The summed E-state index contributed by atoms with van der Waals surface area (Å²) in [5, 5.41) is 12.5. The van der Waals surface area contributed by atoms with Crippen LogP contribution in [0.1, 0.15) is 36.6 Å². The summed E-state index contributed by atoms with van der Waals surface area (Å²) >= 11 is 0. The van der Waals surface area contributed by atoms with Crippen LogP contribution in [0.25, 0.3) is 0 Å². The monoisotopic (exact) mass is 269 g/mol. The molecule has 0 saturated heterocycles. The van der Waals surface area contributed by atoms with E-state index in [2.05, 4.69) is 5.32 Å². The molecule has 0 aromatic heterocycles. The summed E-state index contributed by atoms with van der Waals surface area (Å²) in [5.41, 5.74) is 2.15. The first kappa shape index (κ1) is 14.3. The van der Waals surface area contributed by atoms with Crippen LogP contribution in [0.2, 0.25) is 0 Å². The number of carbonyl (C=O) groups is 1. The lowest BCUT2D eigenvalue weighted by Gasteiger charge is -2.23. The SMILES string of the molecule is CC(NC(CC(=O)O)c1ccccc1)c1ccccc1. The molecular weight excluding hydrogens is 250 g/mol. The third kappa shape index (κ3) is 3.93. The lowest BCUT2D eigenvalue weighted by Crippen LogP contribution is -2.26. The fourth-order valence-electron chi connectivity index (χ4n) is 2.27. The molecule has 0 radical (unpaired) electrons. The molecule has 0 aliphatic carbocycles. The molecule has 2 N–H and O–H groups in total. The van der Waals surface area contributed by atoms with Crippen LogP contribution in [0, 0.1) is 0 Å². The molecule has 0 aliphatic rings. The largest absolute Gasteiger partial charge is 0.481 e. The molecule has 2 rings (SSSR count). The van der Waals surface area contributed by atoms with E-state index in [9.17, 15) is 4.79 Å². The van der Waals surface area contributed by atoms with Gasteiger partial charge >= 0.3 is 5.97 Å². The Hall–Kier alpha value is -2.13. The highest BCUT2D eigenvalue weighted by molar-refractivity contribution is 5.68. The molecule has 104 valence electrons. The van der Waals surface area contributed by atoms with Gasteiger partial charge in [-0.05, 0) is 18.1 Å². The number of nitrogens with one attached hydrogen (secondary N) is 1. The zero-order valence-electron chi connectivity index (χ0n) is 11.5. The molecule has 2 aromatic rings. The fraction of sp³-hybridized carbons (Fsp3) is 0.235. The lowest BCUT2D eigenvalue weighted by atomic mass is 10.0. The first-order valence-electron chi connectivity index (χ1n) is 6.74. The zero-order chi connectivity index (χ0) is 14.4. The van der Waals surface area contributed by atoms with Crippen LogP contribution in [0.3, 0.4) is 0 Å². The Balaban J connectivity index is 2.14. The summed E-state index contributed by atoms with van der Waals surface area (Å²) in [7, 11) is 0. The molecule has 0 heterocycles. The minimum atomic E-state index is -0.799. The van der Waals surface area contributed by atoms with Gasteiger partial charge in [-0.3, -0.25) is 4.79 Å². The number of hydrogen-bond acceptors (Lipinski definition) is 2. The van der Waals surface area contributed by atoms with Gasteiger partial charge in [-0.2, -0.15) is 0 Å². The predicted molar refractivity (Wildman–Crippen MR) is 79.4 cm³/mol. The van der Waals surface area contributed by atoms with Gasteiger partial charge in [0.25, 0.3) is 0 Å². The molecule has 0 fully saturated rings. The second-order valence-electron chi connectivity index (χ2n) is 4.86. The van der Waals surface area contributed by atoms with Gasteiger partial charge in [0.15, 0.2) is 0 Å². The van der Waals surface area contributed by atoms with Crippen molar-refractivity contribution in [3.63, 3.8) is 0 Å². The Labute approximate surface area is 119 Å². The molecule has 3 nitrogen and oxygen atoms in total. The van der Waals surface area contributed by atoms with Gasteiger partial charge in [-0.1, -0.05) is 60.7 Å². The number of benzene rings is 2. The van der Waals surface area contributed by atoms with Crippen molar-refractivity contribution in [3.05, 3.63) is 71.8 Å². The molecule has 0 aliphatic heterocycles. The highest BCUT2D eigenvalue weighted by Crippen LogP contribution is 2.22. The number of hydrogen-bond donors (Lipinski definition) is 2. The average Bonchev–Trinajstić information content (AvgIpc) is 2.48. The van der Waals surface area contributed by atoms with E-state index in [-0.39, 0.29) is 18.5 Å². The average molecular weight is 269 g/mol. The smallest absolute Gasteiger partial charge is 0.305 e. The number of aliphatic carboxylic acids is 1. The van der Waals surface area contributed by atoms with E-state index in [1.807, 2.05) is 67.6 Å². The van der Waals surface area contributed by atoms with Crippen molar-refractivity contribution in [1.29, 1.82) is 0 Å². The Bertz CT molecular complexity index is 539. The third-order valence-corrected chi connectivity index (χ3v) is 3.33. The Morgan fingerprint density at radius 1 is 1.00 bits per heavy atom. The molecular formula is C17H19NO2. The van der Waals surface area contributed by atoms with Crippen molar-refractivity contribution < 1.29 is 9.90 Å². The van der Waals surface area contributed by atoms with Crippen molar-refractivity contribution in [2.45, 2.75) is 25.4 Å². The third-order valence-electron chi connectivity index (χ3n) is 3.33. The van der Waals surface area contributed by atoms with Crippen LogP contribution in [0.4, 0.5) is 0 Å². The van der Waals surface area contributed by atoms with E-state index < -0.39 is 5.97 Å². The topological polar surface area (TPSA) is 49.3 Å². The van der Waals surface area contributed by atoms with Crippen molar-refractivity contribution in [1.82, 2.24) is 5.32 Å². The summed E-state index contributed by atoms with van der Waals surface area (Å²) in [6, 6.07) is 19.6. The van der Waals surface area contributed by atoms with E-state index >= 15 is 0 Å². The predicted octanol–water partition coefficient (Wildman–Crippen LogP) is 3.55. The Morgan fingerprint density at radius 3 is 2.00 bits per heavy atom. The molecule has 0 bridgehead atoms. The van der Waals surface area contributed by atoms with Crippen LogP contribution in [-0.4, -0.2) is 11.1 Å². The van der Waals surface area contributed by atoms with Crippen LogP contribution >= 0.6 is 0 Å². The molecule has 2 unspecified atom stereocenters. The first-order chi connectivity index (χ1) is 9.66.